The maximum Gasteiger partial charge on any atom is 0.326 e. The fourth-order valence-corrected chi connectivity index (χ4v) is 5.37. The van der Waals surface area contributed by atoms with Gasteiger partial charge in [0.25, 0.3) is 5.91 Å². The molecule has 3 rings (SSSR count). The third-order valence-electron chi connectivity index (χ3n) is 8.23. The molecule has 16 heteroatoms. The summed E-state index contributed by atoms with van der Waals surface area (Å²) in [5, 5.41) is 17.1. The second kappa shape index (κ2) is 20.5. The Kier molecular flexibility index (Phi) is 16.3. The Hall–Kier alpha value is -5.28. The van der Waals surface area contributed by atoms with Crippen LogP contribution in [0.5, 0.6) is 0 Å². The van der Waals surface area contributed by atoms with Crippen LogP contribution in [0.25, 0.3) is 11.1 Å². The molecule has 15 nitrogen and oxygen atoms in total. The highest BCUT2D eigenvalue weighted by molar-refractivity contribution is 6.31. The molecule has 0 spiro atoms. The van der Waals surface area contributed by atoms with Crippen LogP contribution in [0.3, 0.4) is 0 Å². The van der Waals surface area contributed by atoms with E-state index in [0.717, 1.165) is 36.0 Å². The lowest BCUT2D eigenvalue weighted by Gasteiger charge is -2.24. The molecule has 0 fully saturated rings. The molecule has 280 valence electrons. The molecule has 0 radical (unpaired) electrons. The zero-order valence-corrected chi connectivity index (χ0v) is 30.3. The molecule has 2 atom stereocenters. The van der Waals surface area contributed by atoms with Crippen molar-refractivity contribution in [2.75, 3.05) is 24.6 Å². The van der Waals surface area contributed by atoms with Crippen LogP contribution >= 0.6 is 11.6 Å². The number of nitrogens with one attached hydrogen (secondary N) is 3. The second-order valence-corrected chi connectivity index (χ2v) is 13.0. The number of nitrogen functional groups attached to an aromatic ring is 2. The summed E-state index contributed by atoms with van der Waals surface area (Å²) in [6.07, 6.45) is 4.63. The zero-order valence-electron chi connectivity index (χ0n) is 29.5. The summed E-state index contributed by atoms with van der Waals surface area (Å²) >= 11 is 5.82. The van der Waals surface area contributed by atoms with Gasteiger partial charge in [-0.25, -0.2) is 14.8 Å². The highest BCUT2D eigenvalue weighted by atomic mass is 35.5. The molecule has 2 aromatic carbocycles. The first-order chi connectivity index (χ1) is 24.8. The minimum atomic E-state index is -1.11. The van der Waals surface area contributed by atoms with E-state index in [1.165, 1.54) is 5.56 Å². The topological polar surface area (TPSA) is 267 Å². The number of benzene rings is 2. The minimum Gasteiger partial charge on any atom is -0.480 e. The number of hydrogen-bond acceptors (Lipinski definition) is 10. The lowest BCUT2D eigenvalue weighted by Crippen LogP contribution is -2.53. The fraction of sp³-hybridized carbons (Fsp3) is 0.417. The quantitative estimate of drug-likeness (QED) is 0.0504. The van der Waals surface area contributed by atoms with Gasteiger partial charge in [-0.05, 0) is 79.7 Å². The van der Waals surface area contributed by atoms with Gasteiger partial charge in [-0.3, -0.25) is 24.7 Å². The lowest BCUT2D eigenvalue weighted by atomic mass is 9.99. The van der Waals surface area contributed by atoms with E-state index < -0.39 is 29.9 Å². The van der Waals surface area contributed by atoms with Gasteiger partial charge in [-0.1, -0.05) is 74.0 Å². The summed E-state index contributed by atoms with van der Waals surface area (Å²) in [5.41, 5.74) is 26.6. The summed E-state index contributed by atoms with van der Waals surface area (Å²) in [6.45, 7) is 4.46. The number of aliphatic carboxylic acids is 1. The molecule has 52 heavy (non-hydrogen) atoms. The van der Waals surface area contributed by atoms with Gasteiger partial charge in [-0.15, -0.1) is 0 Å². The molecule has 0 aliphatic carbocycles. The van der Waals surface area contributed by atoms with E-state index in [4.69, 9.17) is 34.5 Å². The standard InChI is InChI=1S/C36H49ClN10O5/c1-21(2)28(33(49)43-26(35(51)52)8-3-5-19-38)44-27(48)18-13-23-11-16-25(17-12-23)24-14-9-22(10-15-24)7-4-6-20-42-36(41)47-34(50)29-31(39)46-32(40)30(37)45-29/h9-12,14-17,21,26,28H,3-8,13,18-20,38H2,1-2H3,(H,43,49)(H,44,48)(H,51,52)(H4,39,40,46)(H3,41,42,47,50)/t26-,28-/m0/s1. The molecule has 0 saturated heterocycles. The predicted octanol–water partition coefficient (Wildman–Crippen LogP) is 2.80. The van der Waals surface area contributed by atoms with E-state index in [-0.39, 0.29) is 53.1 Å². The summed E-state index contributed by atoms with van der Waals surface area (Å²) in [6, 6.07) is 14.4. The SMILES string of the molecule is CC(C)[C@H](NC(=O)CCc1ccc(-c2ccc(CCCCN=C(N)NC(=O)c3nc(Cl)c(N)nc3N)cc2)cc1)C(=O)N[C@@H](CCCCN)C(=O)O. The minimum absolute atomic E-state index is 0.0697. The Balaban J connectivity index is 1.42. The van der Waals surface area contributed by atoms with Crippen molar-refractivity contribution < 1.29 is 24.3 Å². The van der Waals surface area contributed by atoms with Crippen LogP contribution in [0.4, 0.5) is 11.6 Å². The van der Waals surface area contributed by atoms with E-state index in [9.17, 15) is 24.3 Å². The number of anilines is 2. The average molecular weight is 737 g/mol. The number of unbranched alkanes of at least 4 members (excludes halogenated alkanes) is 2. The maximum atomic E-state index is 12.9. The largest absolute Gasteiger partial charge is 0.480 e. The van der Waals surface area contributed by atoms with Crippen LogP contribution in [0.2, 0.25) is 5.15 Å². The number of aromatic nitrogens is 2. The molecule has 3 aromatic rings. The summed E-state index contributed by atoms with van der Waals surface area (Å²) in [4.78, 5) is 61.4. The number of halogens is 1. The van der Waals surface area contributed by atoms with Gasteiger partial charge in [0, 0.05) is 13.0 Å². The Morgan fingerprint density at radius 3 is 2.04 bits per heavy atom. The van der Waals surface area contributed by atoms with Crippen molar-refractivity contribution in [3.05, 3.63) is 70.5 Å². The van der Waals surface area contributed by atoms with Crippen LogP contribution in [0.1, 0.15) is 74.0 Å². The summed E-state index contributed by atoms with van der Waals surface area (Å²) in [7, 11) is 0. The number of aliphatic imine (C=N–C) groups is 1. The molecule has 1 heterocycles. The monoisotopic (exact) mass is 736 g/mol. The Labute approximate surface area is 308 Å². The molecular formula is C36H49ClN10O5. The van der Waals surface area contributed by atoms with Crippen molar-refractivity contribution in [1.29, 1.82) is 0 Å². The van der Waals surface area contributed by atoms with Crippen LogP contribution in [0.15, 0.2) is 53.5 Å². The number of guanidine groups is 1. The van der Waals surface area contributed by atoms with Crippen molar-refractivity contribution in [2.45, 2.75) is 77.3 Å². The average Bonchev–Trinajstić information content (AvgIpc) is 3.10. The molecule has 12 N–H and O–H groups in total. The van der Waals surface area contributed by atoms with Gasteiger partial charge in [-0.2, -0.15) is 0 Å². The number of carbonyl (C=O) groups excluding carboxylic acids is 3. The van der Waals surface area contributed by atoms with Gasteiger partial charge < -0.3 is 38.7 Å². The predicted molar refractivity (Wildman–Crippen MR) is 202 cm³/mol. The normalized spacial score (nSPS) is 12.6. The molecule has 1 aromatic heterocycles. The van der Waals surface area contributed by atoms with Crippen molar-refractivity contribution in [1.82, 2.24) is 25.9 Å². The summed E-state index contributed by atoms with van der Waals surface area (Å²) < 4.78 is 0. The number of nitrogens with zero attached hydrogens (tertiary/aromatic N) is 3. The molecule has 0 aliphatic rings. The molecule has 0 bridgehead atoms. The van der Waals surface area contributed by atoms with Crippen molar-refractivity contribution in [2.24, 2.45) is 22.4 Å². The van der Waals surface area contributed by atoms with Crippen molar-refractivity contribution >= 4 is 52.9 Å². The number of carboxylic acids is 1. The van der Waals surface area contributed by atoms with Gasteiger partial charge in [0.1, 0.15) is 12.1 Å². The first-order valence-corrected chi connectivity index (χ1v) is 17.6. The van der Waals surface area contributed by atoms with Gasteiger partial charge in [0.2, 0.25) is 11.8 Å². The van der Waals surface area contributed by atoms with Crippen LogP contribution in [0, 0.1) is 5.92 Å². The molecular weight excluding hydrogens is 688 g/mol. The smallest absolute Gasteiger partial charge is 0.326 e. The maximum absolute atomic E-state index is 12.9. The number of rotatable bonds is 19. The number of amides is 3. The first-order valence-electron chi connectivity index (χ1n) is 17.2. The van der Waals surface area contributed by atoms with E-state index in [1.54, 1.807) is 13.8 Å². The zero-order chi connectivity index (χ0) is 38.2. The Morgan fingerprint density at radius 1 is 0.846 bits per heavy atom. The highest BCUT2D eigenvalue weighted by Crippen LogP contribution is 2.22. The summed E-state index contributed by atoms with van der Waals surface area (Å²) in [5.74, 6) is -3.14. The number of aryl methyl sites for hydroxylation is 2. The van der Waals surface area contributed by atoms with Crippen molar-refractivity contribution in [3.63, 3.8) is 0 Å². The first kappa shape index (κ1) is 41.1. The Bertz CT molecular complexity index is 1700. The molecule has 0 saturated carbocycles. The van der Waals surface area contributed by atoms with Crippen LogP contribution < -0.4 is 38.9 Å². The molecule has 0 unspecified atom stereocenters. The molecule has 0 aliphatic heterocycles. The number of carboxylic acid groups (broad SMARTS) is 1. The van der Waals surface area contributed by atoms with Gasteiger partial charge in [0.05, 0.1) is 0 Å². The second-order valence-electron chi connectivity index (χ2n) is 12.7. The van der Waals surface area contributed by atoms with E-state index >= 15 is 0 Å². The van der Waals surface area contributed by atoms with Crippen LogP contribution in [-0.4, -0.2) is 69.9 Å². The van der Waals surface area contributed by atoms with Gasteiger partial charge >= 0.3 is 5.97 Å². The van der Waals surface area contributed by atoms with Crippen LogP contribution in [-0.2, 0) is 27.2 Å². The van der Waals surface area contributed by atoms with Gasteiger partial charge in [0.15, 0.2) is 28.4 Å². The third-order valence-corrected chi connectivity index (χ3v) is 8.50. The van der Waals surface area contributed by atoms with Crippen molar-refractivity contribution in [3.8, 4) is 11.1 Å². The lowest BCUT2D eigenvalue weighted by molar-refractivity contribution is -0.142. The molecule has 3 amide bonds. The number of hydrogen-bond donors (Lipinski definition) is 8. The highest BCUT2D eigenvalue weighted by Gasteiger charge is 2.28. The fourth-order valence-electron chi connectivity index (χ4n) is 5.24. The number of nitrogens with two attached hydrogens (primary N) is 4. The Morgan fingerprint density at radius 2 is 1.46 bits per heavy atom. The third kappa shape index (κ3) is 13.1. The van der Waals surface area contributed by atoms with E-state index in [2.05, 4.69) is 55.2 Å². The van der Waals surface area contributed by atoms with E-state index in [0.29, 0.717) is 32.4 Å². The van der Waals surface area contributed by atoms with E-state index in [1.807, 2.05) is 24.3 Å². The number of carbonyl (C=O) groups is 4.